The van der Waals surface area contributed by atoms with Crippen molar-refractivity contribution in [3.63, 3.8) is 0 Å². The lowest BCUT2D eigenvalue weighted by molar-refractivity contribution is 0.102. The zero-order valence-corrected chi connectivity index (χ0v) is 16.3. The zero-order chi connectivity index (χ0) is 19.7. The molecule has 0 saturated carbocycles. The third-order valence-electron chi connectivity index (χ3n) is 4.52. The number of nitrogens with zero attached hydrogens (tertiary/aromatic N) is 2. The number of carbonyl (C=O) groups is 1. The van der Waals surface area contributed by atoms with Gasteiger partial charge in [0.1, 0.15) is 17.3 Å². The van der Waals surface area contributed by atoms with Gasteiger partial charge < -0.3 is 14.8 Å². The number of hydrogen-bond donors (Lipinski definition) is 1. The van der Waals surface area contributed by atoms with Crippen LogP contribution in [0.5, 0.6) is 11.5 Å². The molecule has 144 valence electrons. The van der Waals surface area contributed by atoms with Gasteiger partial charge in [-0.1, -0.05) is 18.2 Å². The molecule has 0 saturated heterocycles. The third kappa shape index (κ3) is 3.38. The van der Waals surface area contributed by atoms with E-state index in [1.807, 2.05) is 30.3 Å². The van der Waals surface area contributed by atoms with Crippen molar-refractivity contribution in [2.45, 2.75) is 11.5 Å². The summed E-state index contributed by atoms with van der Waals surface area (Å²) in [6.45, 7) is 0. The van der Waals surface area contributed by atoms with Crippen LogP contribution >= 0.6 is 0 Å². The summed E-state index contributed by atoms with van der Waals surface area (Å²) in [6.07, 6.45) is 0. The lowest BCUT2D eigenvalue weighted by atomic mass is 10.1. The Morgan fingerprint density at radius 3 is 2.39 bits per heavy atom. The maximum atomic E-state index is 13.0. The largest absolute Gasteiger partial charge is 0.497 e. The van der Waals surface area contributed by atoms with Crippen molar-refractivity contribution in [1.82, 2.24) is 9.78 Å². The van der Waals surface area contributed by atoms with E-state index < -0.39 is 10.8 Å². The molecule has 0 spiro atoms. The molecule has 1 atom stereocenters. The summed E-state index contributed by atoms with van der Waals surface area (Å²) in [5.41, 5.74) is 2.78. The summed E-state index contributed by atoms with van der Waals surface area (Å²) in [4.78, 5) is 13.0. The molecule has 8 heteroatoms. The smallest absolute Gasteiger partial charge is 0.257 e. The van der Waals surface area contributed by atoms with Gasteiger partial charge in [-0.15, -0.1) is 0 Å². The lowest BCUT2D eigenvalue weighted by Gasteiger charge is -2.12. The molecule has 0 aliphatic carbocycles. The summed E-state index contributed by atoms with van der Waals surface area (Å²) in [5.74, 6) is 2.03. The molecule has 1 aromatic heterocycles. The molecule has 1 N–H and O–H groups in total. The number of amides is 1. The molecule has 2 aromatic carbocycles. The molecule has 0 unspecified atom stereocenters. The second-order valence-electron chi connectivity index (χ2n) is 6.31. The van der Waals surface area contributed by atoms with Crippen LogP contribution in [0, 0.1) is 0 Å². The Kier molecular flexibility index (Phi) is 4.87. The number of benzene rings is 2. The molecule has 4 rings (SSSR count). The van der Waals surface area contributed by atoms with Gasteiger partial charge in [0.25, 0.3) is 5.91 Å². The standard InChI is InChI=1S/C20H19N3O4S/c1-26-15-8-13(9-16(10-15)27-2)20(24)21-19-17-11-28(25)12-18(17)22-23(19)14-6-4-3-5-7-14/h3-10H,11-12H2,1-2H3,(H,21,24)/t28-/m1/s1. The Morgan fingerprint density at radius 1 is 1.07 bits per heavy atom. The van der Waals surface area contributed by atoms with Crippen molar-refractivity contribution < 1.29 is 18.5 Å². The van der Waals surface area contributed by atoms with Crippen LogP contribution in [0.4, 0.5) is 5.82 Å². The first-order valence-corrected chi connectivity index (χ1v) is 10.1. The fourth-order valence-corrected chi connectivity index (χ4v) is 4.39. The Bertz CT molecular complexity index is 1040. The van der Waals surface area contributed by atoms with E-state index in [0.29, 0.717) is 34.4 Å². The molecule has 0 radical (unpaired) electrons. The molecule has 2 heterocycles. The van der Waals surface area contributed by atoms with Gasteiger partial charge in [0, 0.05) is 28.0 Å². The van der Waals surface area contributed by atoms with Gasteiger partial charge in [-0.25, -0.2) is 4.68 Å². The first-order chi connectivity index (χ1) is 13.6. The predicted molar refractivity (Wildman–Crippen MR) is 107 cm³/mol. The Hall–Kier alpha value is -3.13. The first kappa shape index (κ1) is 18.2. The van der Waals surface area contributed by atoms with Crippen LogP contribution in [0.25, 0.3) is 5.69 Å². The normalized spacial score (nSPS) is 15.1. The Balaban J connectivity index is 1.74. The second kappa shape index (κ2) is 7.47. The maximum Gasteiger partial charge on any atom is 0.257 e. The van der Waals surface area contributed by atoms with Gasteiger partial charge in [-0.2, -0.15) is 5.10 Å². The molecular weight excluding hydrogens is 378 g/mol. The van der Waals surface area contributed by atoms with E-state index >= 15 is 0 Å². The van der Waals surface area contributed by atoms with E-state index in [2.05, 4.69) is 10.4 Å². The highest BCUT2D eigenvalue weighted by Gasteiger charge is 2.28. The summed E-state index contributed by atoms with van der Waals surface area (Å²) >= 11 is 0. The molecule has 1 amide bonds. The first-order valence-electron chi connectivity index (χ1n) is 8.64. The fraction of sp³-hybridized carbons (Fsp3) is 0.200. The highest BCUT2D eigenvalue weighted by molar-refractivity contribution is 7.83. The number of methoxy groups -OCH3 is 2. The Morgan fingerprint density at radius 2 is 1.75 bits per heavy atom. The average molecular weight is 397 g/mol. The van der Waals surface area contributed by atoms with E-state index in [9.17, 15) is 9.00 Å². The van der Waals surface area contributed by atoms with Crippen LogP contribution in [-0.2, 0) is 22.3 Å². The number of hydrogen-bond acceptors (Lipinski definition) is 5. The Labute approximate surface area is 164 Å². The second-order valence-corrected chi connectivity index (χ2v) is 7.76. The van der Waals surface area contributed by atoms with Crippen molar-refractivity contribution in [3.8, 4) is 17.2 Å². The molecule has 3 aromatic rings. The highest BCUT2D eigenvalue weighted by atomic mass is 32.2. The van der Waals surface area contributed by atoms with Crippen LogP contribution in [-0.4, -0.2) is 34.1 Å². The molecule has 1 aliphatic heterocycles. The zero-order valence-electron chi connectivity index (χ0n) is 15.5. The quantitative estimate of drug-likeness (QED) is 0.716. The highest BCUT2D eigenvalue weighted by Crippen LogP contribution is 2.32. The third-order valence-corrected chi connectivity index (χ3v) is 5.72. The average Bonchev–Trinajstić information content (AvgIpc) is 3.25. The number of fused-ring (bicyclic) bond motifs is 1. The van der Waals surface area contributed by atoms with E-state index in [0.717, 1.165) is 16.9 Å². The van der Waals surface area contributed by atoms with E-state index in [4.69, 9.17) is 9.47 Å². The number of carbonyl (C=O) groups excluding carboxylic acids is 1. The van der Waals surface area contributed by atoms with Gasteiger partial charge in [-0.3, -0.25) is 9.00 Å². The fourth-order valence-electron chi connectivity index (χ4n) is 3.13. The summed E-state index contributed by atoms with van der Waals surface area (Å²) in [7, 11) is 2.06. The SMILES string of the molecule is COc1cc(OC)cc(C(=O)Nc2c3c(nn2-c2ccccc2)C[S@](=O)C3)c1. The van der Waals surface area contributed by atoms with Gasteiger partial charge >= 0.3 is 0 Å². The number of anilines is 1. The minimum absolute atomic E-state index is 0.324. The maximum absolute atomic E-state index is 13.0. The molecular formula is C20H19N3O4S. The van der Waals surface area contributed by atoms with Gasteiger partial charge in [0.05, 0.1) is 37.1 Å². The number of ether oxygens (including phenoxy) is 2. The van der Waals surface area contributed by atoms with E-state index in [-0.39, 0.29) is 5.91 Å². The predicted octanol–water partition coefficient (Wildman–Crippen LogP) is 2.90. The van der Waals surface area contributed by atoms with Crippen molar-refractivity contribution in [2.24, 2.45) is 0 Å². The molecule has 1 aliphatic rings. The van der Waals surface area contributed by atoms with Gasteiger partial charge in [-0.05, 0) is 24.3 Å². The number of rotatable bonds is 5. The van der Waals surface area contributed by atoms with Crippen molar-refractivity contribution in [1.29, 1.82) is 0 Å². The van der Waals surface area contributed by atoms with Gasteiger partial charge in [0.2, 0.25) is 0 Å². The van der Waals surface area contributed by atoms with Crippen LogP contribution in [0.2, 0.25) is 0 Å². The monoisotopic (exact) mass is 397 g/mol. The van der Waals surface area contributed by atoms with Crippen molar-refractivity contribution in [2.75, 3.05) is 19.5 Å². The van der Waals surface area contributed by atoms with E-state index in [1.165, 1.54) is 14.2 Å². The van der Waals surface area contributed by atoms with Crippen molar-refractivity contribution >= 4 is 22.5 Å². The lowest BCUT2D eigenvalue weighted by Crippen LogP contribution is -2.16. The minimum Gasteiger partial charge on any atom is -0.497 e. The topological polar surface area (TPSA) is 82.4 Å². The van der Waals surface area contributed by atoms with Crippen LogP contribution < -0.4 is 14.8 Å². The van der Waals surface area contributed by atoms with Crippen LogP contribution in [0.15, 0.2) is 48.5 Å². The summed E-state index contributed by atoms with van der Waals surface area (Å²) < 4.78 is 24.2. The molecule has 28 heavy (non-hydrogen) atoms. The van der Waals surface area contributed by atoms with Crippen LogP contribution in [0.3, 0.4) is 0 Å². The summed E-state index contributed by atoms with van der Waals surface area (Å²) in [6, 6.07) is 14.5. The van der Waals surface area contributed by atoms with Gasteiger partial charge in [0.15, 0.2) is 0 Å². The number of para-hydroxylation sites is 1. The van der Waals surface area contributed by atoms with E-state index in [1.54, 1.807) is 22.9 Å². The summed E-state index contributed by atoms with van der Waals surface area (Å²) in [5, 5.41) is 7.53. The minimum atomic E-state index is -1.000. The molecule has 0 fully saturated rings. The van der Waals surface area contributed by atoms with Crippen molar-refractivity contribution in [3.05, 3.63) is 65.4 Å². The number of aromatic nitrogens is 2. The van der Waals surface area contributed by atoms with Crippen LogP contribution in [0.1, 0.15) is 21.6 Å². The molecule has 0 bridgehead atoms. The molecule has 7 nitrogen and oxygen atoms in total. The number of nitrogens with one attached hydrogen (secondary N) is 1.